The van der Waals surface area contributed by atoms with Gasteiger partial charge in [0, 0.05) is 6.04 Å². The van der Waals surface area contributed by atoms with Gasteiger partial charge in [-0.1, -0.05) is 36.4 Å². The molecule has 0 aliphatic heterocycles. The van der Waals surface area contributed by atoms with Gasteiger partial charge in [-0.2, -0.15) is 0 Å². The fourth-order valence-corrected chi connectivity index (χ4v) is 3.41. The molecule has 0 bridgehead atoms. The Balaban J connectivity index is 1.77. The van der Waals surface area contributed by atoms with Gasteiger partial charge in [0.15, 0.2) is 0 Å². The van der Waals surface area contributed by atoms with Crippen molar-refractivity contribution in [3.05, 3.63) is 65.2 Å². The van der Waals surface area contributed by atoms with Crippen molar-refractivity contribution in [2.45, 2.75) is 37.6 Å². The fourth-order valence-electron chi connectivity index (χ4n) is 3.41. The second-order valence-corrected chi connectivity index (χ2v) is 5.91. The molecule has 2 heteroatoms. The molecule has 1 aliphatic carbocycles. The standard InChI is InChI=1S/C19H23NO/c1-21-17-10-5-9-16(12-17)19(20)13-15-8-4-7-14-6-2-3-11-18(14)15/h2-3,5-6,9-12,15,19H,4,7-8,13,20H2,1H3. The molecule has 0 saturated carbocycles. The molecule has 0 radical (unpaired) electrons. The van der Waals surface area contributed by atoms with Gasteiger partial charge in [-0.3, -0.25) is 0 Å². The highest BCUT2D eigenvalue weighted by Crippen LogP contribution is 2.37. The second-order valence-electron chi connectivity index (χ2n) is 5.91. The minimum absolute atomic E-state index is 0.0660. The third-order valence-electron chi connectivity index (χ3n) is 4.55. The predicted molar refractivity (Wildman–Crippen MR) is 86.7 cm³/mol. The van der Waals surface area contributed by atoms with Crippen LogP contribution in [-0.2, 0) is 6.42 Å². The molecule has 110 valence electrons. The largest absolute Gasteiger partial charge is 0.497 e. The van der Waals surface area contributed by atoms with Gasteiger partial charge >= 0.3 is 0 Å². The Morgan fingerprint density at radius 2 is 2.05 bits per heavy atom. The molecule has 0 saturated heterocycles. The lowest BCUT2D eigenvalue weighted by Crippen LogP contribution is -2.18. The van der Waals surface area contributed by atoms with Crippen molar-refractivity contribution in [2.75, 3.05) is 7.11 Å². The van der Waals surface area contributed by atoms with Crippen LogP contribution in [0, 0.1) is 0 Å². The SMILES string of the molecule is COc1cccc(C(N)CC2CCCc3ccccc32)c1. The molecule has 0 spiro atoms. The molecule has 0 heterocycles. The van der Waals surface area contributed by atoms with Crippen LogP contribution in [0.1, 0.15) is 47.9 Å². The van der Waals surface area contributed by atoms with Crippen LogP contribution in [0.3, 0.4) is 0 Å². The van der Waals surface area contributed by atoms with E-state index in [1.165, 1.54) is 30.4 Å². The number of fused-ring (bicyclic) bond motifs is 1. The number of hydrogen-bond donors (Lipinski definition) is 1. The average Bonchev–Trinajstić information content (AvgIpc) is 2.55. The minimum Gasteiger partial charge on any atom is -0.497 e. The molecular weight excluding hydrogens is 258 g/mol. The van der Waals surface area contributed by atoms with Gasteiger partial charge < -0.3 is 10.5 Å². The molecule has 0 aromatic heterocycles. The minimum atomic E-state index is 0.0660. The Hall–Kier alpha value is -1.80. The van der Waals surface area contributed by atoms with Gasteiger partial charge in [-0.05, 0) is 60.4 Å². The quantitative estimate of drug-likeness (QED) is 0.911. The van der Waals surface area contributed by atoms with E-state index >= 15 is 0 Å². The zero-order chi connectivity index (χ0) is 14.7. The normalized spacial score (nSPS) is 18.9. The van der Waals surface area contributed by atoms with Gasteiger partial charge in [0.05, 0.1) is 7.11 Å². The van der Waals surface area contributed by atoms with E-state index in [1.807, 2.05) is 12.1 Å². The molecule has 0 fully saturated rings. The maximum Gasteiger partial charge on any atom is 0.119 e. The van der Waals surface area contributed by atoms with E-state index in [-0.39, 0.29) is 6.04 Å². The van der Waals surface area contributed by atoms with Gasteiger partial charge in [0.25, 0.3) is 0 Å². The molecular formula is C19H23NO. The molecule has 2 nitrogen and oxygen atoms in total. The smallest absolute Gasteiger partial charge is 0.119 e. The van der Waals surface area contributed by atoms with Gasteiger partial charge in [0.1, 0.15) is 5.75 Å². The van der Waals surface area contributed by atoms with Crippen LogP contribution in [0.5, 0.6) is 5.75 Å². The van der Waals surface area contributed by atoms with Crippen LogP contribution in [0.25, 0.3) is 0 Å². The fraction of sp³-hybridized carbons (Fsp3) is 0.368. The van der Waals surface area contributed by atoms with Gasteiger partial charge in [-0.25, -0.2) is 0 Å². The molecule has 2 unspecified atom stereocenters. The molecule has 1 aliphatic rings. The van der Waals surface area contributed by atoms with Crippen LogP contribution >= 0.6 is 0 Å². The van der Waals surface area contributed by atoms with E-state index in [1.54, 1.807) is 7.11 Å². The van der Waals surface area contributed by atoms with Crippen LogP contribution in [0.15, 0.2) is 48.5 Å². The van der Waals surface area contributed by atoms with E-state index < -0.39 is 0 Å². The summed E-state index contributed by atoms with van der Waals surface area (Å²) in [5, 5.41) is 0. The third kappa shape index (κ3) is 3.11. The molecule has 2 aromatic carbocycles. The van der Waals surface area contributed by atoms with Crippen LogP contribution in [-0.4, -0.2) is 7.11 Å². The van der Waals surface area contributed by atoms with Crippen molar-refractivity contribution in [3.63, 3.8) is 0 Å². The van der Waals surface area contributed by atoms with Crippen molar-refractivity contribution < 1.29 is 4.74 Å². The molecule has 3 rings (SSSR count). The Bertz CT molecular complexity index is 608. The van der Waals surface area contributed by atoms with Crippen molar-refractivity contribution in [3.8, 4) is 5.75 Å². The number of aryl methyl sites for hydroxylation is 1. The van der Waals surface area contributed by atoms with E-state index in [9.17, 15) is 0 Å². The molecule has 0 amide bonds. The summed E-state index contributed by atoms with van der Waals surface area (Å²) >= 11 is 0. The summed E-state index contributed by atoms with van der Waals surface area (Å²) in [6.07, 6.45) is 4.73. The lowest BCUT2D eigenvalue weighted by Gasteiger charge is -2.28. The highest BCUT2D eigenvalue weighted by atomic mass is 16.5. The van der Waals surface area contributed by atoms with E-state index in [0.29, 0.717) is 5.92 Å². The first kappa shape index (κ1) is 14.2. The summed E-state index contributed by atoms with van der Waals surface area (Å²) in [5.74, 6) is 1.46. The average molecular weight is 281 g/mol. The first-order valence-corrected chi connectivity index (χ1v) is 7.75. The predicted octanol–water partition coefficient (Wildman–Crippen LogP) is 4.21. The Morgan fingerprint density at radius 3 is 2.90 bits per heavy atom. The van der Waals surface area contributed by atoms with Gasteiger partial charge in [-0.15, -0.1) is 0 Å². The summed E-state index contributed by atoms with van der Waals surface area (Å²) < 4.78 is 5.30. The first-order chi connectivity index (χ1) is 10.3. The van der Waals surface area contributed by atoms with Crippen LogP contribution < -0.4 is 10.5 Å². The molecule has 2 aromatic rings. The zero-order valence-corrected chi connectivity index (χ0v) is 12.6. The molecule has 2 N–H and O–H groups in total. The van der Waals surface area contributed by atoms with Crippen molar-refractivity contribution >= 4 is 0 Å². The number of benzene rings is 2. The Labute approximate surface area is 126 Å². The Morgan fingerprint density at radius 1 is 1.19 bits per heavy atom. The second kappa shape index (κ2) is 6.31. The van der Waals surface area contributed by atoms with Crippen LogP contribution in [0.2, 0.25) is 0 Å². The summed E-state index contributed by atoms with van der Waals surface area (Å²) in [6, 6.07) is 17.0. The summed E-state index contributed by atoms with van der Waals surface area (Å²) in [7, 11) is 1.70. The zero-order valence-electron chi connectivity index (χ0n) is 12.6. The van der Waals surface area contributed by atoms with Crippen LogP contribution in [0.4, 0.5) is 0 Å². The number of hydrogen-bond acceptors (Lipinski definition) is 2. The van der Waals surface area contributed by atoms with Gasteiger partial charge in [0.2, 0.25) is 0 Å². The highest BCUT2D eigenvalue weighted by Gasteiger charge is 2.22. The van der Waals surface area contributed by atoms with E-state index in [4.69, 9.17) is 10.5 Å². The molecule has 21 heavy (non-hydrogen) atoms. The topological polar surface area (TPSA) is 35.2 Å². The van der Waals surface area contributed by atoms with E-state index in [2.05, 4.69) is 36.4 Å². The summed E-state index contributed by atoms with van der Waals surface area (Å²) in [4.78, 5) is 0. The lowest BCUT2D eigenvalue weighted by atomic mass is 9.79. The maximum atomic E-state index is 6.45. The number of methoxy groups -OCH3 is 1. The monoisotopic (exact) mass is 281 g/mol. The number of nitrogens with two attached hydrogens (primary N) is 1. The van der Waals surface area contributed by atoms with E-state index in [0.717, 1.165) is 17.7 Å². The Kier molecular flexibility index (Phi) is 4.26. The molecule has 2 atom stereocenters. The number of ether oxygens (including phenoxy) is 1. The van der Waals surface area contributed by atoms with Crippen molar-refractivity contribution in [1.29, 1.82) is 0 Å². The first-order valence-electron chi connectivity index (χ1n) is 7.75. The summed E-state index contributed by atoms with van der Waals surface area (Å²) in [5.41, 5.74) is 10.6. The summed E-state index contributed by atoms with van der Waals surface area (Å²) in [6.45, 7) is 0. The van der Waals surface area contributed by atoms with Crippen molar-refractivity contribution in [2.24, 2.45) is 5.73 Å². The highest BCUT2D eigenvalue weighted by molar-refractivity contribution is 5.34. The maximum absolute atomic E-state index is 6.45. The van der Waals surface area contributed by atoms with Crippen molar-refractivity contribution in [1.82, 2.24) is 0 Å². The lowest BCUT2D eigenvalue weighted by molar-refractivity contribution is 0.412. The third-order valence-corrected chi connectivity index (χ3v) is 4.55. The number of rotatable bonds is 4.